The van der Waals surface area contributed by atoms with Gasteiger partial charge in [0.2, 0.25) is 0 Å². The lowest BCUT2D eigenvalue weighted by molar-refractivity contribution is 0.261. The average molecular weight is 181 g/mol. The van der Waals surface area contributed by atoms with Crippen molar-refractivity contribution in [1.82, 2.24) is 4.90 Å². The second-order valence-corrected chi connectivity index (χ2v) is 6.13. The van der Waals surface area contributed by atoms with Gasteiger partial charge in [-0.3, -0.25) is 0 Å². The van der Waals surface area contributed by atoms with Crippen molar-refractivity contribution in [3.63, 3.8) is 0 Å². The summed E-state index contributed by atoms with van der Waals surface area (Å²) >= 11 is 0. The van der Waals surface area contributed by atoms with Gasteiger partial charge in [0.1, 0.15) is 0 Å². The van der Waals surface area contributed by atoms with Crippen molar-refractivity contribution in [2.75, 3.05) is 19.3 Å². The molecule has 1 fully saturated rings. The standard InChI is InChI=1S/C10H19NSi/c1-3-12(4-2)10-11-8-6-5-7-9-11/h3-4,12H,1-2,5-10H2. The summed E-state index contributed by atoms with van der Waals surface area (Å²) in [6, 6.07) is 0. The lowest BCUT2D eigenvalue weighted by Crippen LogP contribution is -2.37. The smallest absolute Gasteiger partial charge is 0.0982 e. The summed E-state index contributed by atoms with van der Waals surface area (Å²) in [5.74, 6) is 0. The third-order valence-electron chi connectivity index (χ3n) is 2.52. The van der Waals surface area contributed by atoms with Crippen LogP contribution in [0.15, 0.2) is 24.6 Å². The molecular weight excluding hydrogens is 162 g/mol. The Morgan fingerprint density at radius 2 is 1.67 bits per heavy atom. The number of rotatable bonds is 4. The summed E-state index contributed by atoms with van der Waals surface area (Å²) in [5.41, 5.74) is 4.25. The Bertz CT molecular complexity index is 142. The van der Waals surface area contributed by atoms with Gasteiger partial charge in [-0.25, -0.2) is 0 Å². The van der Waals surface area contributed by atoms with E-state index >= 15 is 0 Å². The van der Waals surface area contributed by atoms with Gasteiger partial charge in [-0.15, -0.1) is 13.2 Å². The summed E-state index contributed by atoms with van der Waals surface area (Å²) in [4.78, 5) is 2.57. The Hall–Kier alpha value is -0.343. The lowest BCUT2D eigenvalue weighted by atomic mass is 10.1. The van der Waals surface area contributed by atoms with Gasteiger partial charge in [0.15, 0.2) is 0 Å². The minimum atomic E-state index is -0.812. The normalized spacial score (nSPS) is 19.4. The molecule has 0 unspecified atom stereocenters. The van der Waals surface area contributed by atoms with E-state index in [0.717, 1.165) is 0 Å². The van der Waals surface area contributed by atoms with E-state index in [2.05, 4.69) is 29.5 Å². The molecule has 1 aliphatic heterocycles. The molecule has 68 valence electrons. The highest BCUT2D eigenvalue weighted by Gasteiger charge is 2.12. The van der Waals surface area contributed by atoms with Crippen LogP contribution in [0, 0.1) is 0 Å². The zero-order chi connectivity index (χ0) is 8.81. The monoisotopic (exact) mass is 181 g/mol. The molecule has 0 aromatic rings. The molecule has 0 atom stereocenters. The maximum atomic E-state index is 3.86. The molecule has 12 heavy (non-hydrogen) atoms. The maximum Gasteiger partial charge on any atom is 0.0982 e. The van der Waals surface area contributed by atoms with Crippen LogP contribution in [0.25, 0.3) is 0 Å². The van der Waals surface area contributed by atoms with E-state index in [9.17, 15) is 0 Å². The zero-order valence-electron chi connectivity index (χ0n) is 7.84. The first-order chi connectivity index (χ1) is 5.86. The molecule has 1 heterocycles. The van der Waals surface area contributed by atoms with Gasteiger partial charge in [0, 0.05) is 0 Å². The van der Waals surface area contributed by atoms with Crippen molar-refractivity contribution in [3.8, 4) is 0 Å². The van der Waals surface area contributed by atoms with Crippen LogP contribution in [-0.2, 0) is 0 Å². The highest BCUT2D eigenvalue weighted by molar-refractivity contribution is 6.69. The van der Waals surface area contributed by atoms with Crippen LogP contribution in [-0.4, -0.2) is 33.0 Å². The first-order valence-corrected chi connectivity index (χ1v) is 6.99. The first-order valence-electron chi connectivity index (χ1n) is 4.84. The fourth-order valence-electron chi connectivity index (χ4n) is 1.69. The molecule has 0 aromatic heterocycles. The van der Waals surface area contributed by atoms with Crippen molar-refractivity contribution in [3.05, 3.63) is 24.6 Å². The van der Waals surface area contributed by atoms with Crippen LogP contribution in [0.5, 0.6) is 0 Å². The van der Waals surface area contributed by atoms with Gasteiger partial charge in [-0.05, 0) is 32.1 Å². The molecular formula is C10H19NSi. The van der Waals surface area contributed by atoms with E-state index in [1.807, 2.05) is 0 Å². The van der Waals surface area contributed by atoms with Crippen LogP contribution >= 0.6 is 0 Å². The van der Waals surface area contributed by atoms with Gasteiger partial charge in [0.05, 0.1) is 8.80 Å². The van der Waals surface area contributed by atoms with Gasteiger partial charge in [-0.2, -0.15) is 0 Å². The number of hydrogen-bond donors (Lipinski definition) is 0. The van der Waals surface area contributed by atoms with E-state index in [4.69, 9.17) is 0 Å². The summed E-state index contributed by atoms with van der Waals surface area (Å²) in [6.07, 6.45) is 5.45. The minimum Gasteiger partial charge on any atom is -0.306 e. The molecule has 2 heteroatoms. The summed E-state index contributed by atoms with van der Waals surface area (Å²) in [5, 5.41) is 0. The highest BCUT2D eigenvalue weighted by Crippen LogP contribution is 2.08. The van der Waals surface area contributed by atoms with E-state index < -0.39 is 8.80 Å². The largest absolute Gasteiger partial charge is 0.306 e. The maximum absolute atomic E-state index is 3.86. The van der Waals surface area contributed by atoms with Gasteiger partial charge in [-0.1, -0.05) is 17.8 Å². The Morgan fingerprint density at radius 1 is 1.08 bits per heavy atom. The minimum absolute atomic E-state index is 0.812. The van der Waals surface area contributed by atoms with Crippen molar-refractivity contribution in [1.29, 1.82) is 0 Å². The highest BCUT2D eigenvalue weighted by atomic mass is 28.3. The molecule has 0 aliphatic carbocycles. The predicted octanol–water partition coefficient (Wildman–Crippen LogP) is 1.69. The third kappa shape index (κ3) is 2.95. The van der Waals surface area contributed by atoms with Crippen molar-refractivity contribution in [2.24, 2.45) is 0 Å². The van der Waals surface area contributed by atoms with Crippen molar-refractivity contribution in [2.45, 2.75) is 19.3 Å². The molecule has 1 rings (SSSR count). The van der Waals surface area contributed by atoms with Crippen LogP contribution in [0.1, 0.15) is 19.3 Å². The number of nitrogens with zero attached hydrogens (tertiary/aromatic N) is 1. The second-order valence-electron chi connectivity index (χ2n) is 3.50. The lowest BCUT2D eigenvalue weighted by Gasteiger charge is -2.27. The van der Waals surface area contributed by atoms with Gasteiger partial charge < -0.3 is 4.90 Å². The Kier molecular flexibility index (Phi) is 4.33. The first kappa shape index (κ1) is 9.74. The Morgan fingerprint density at radius 3 is 2.17 bits per heavy atom. The zero-order valence-corrected chi connectivity index (χ0v) is 8.99. The van der Waals surface area contributed by atoms with Gasteiger partial charge in [0.25, 0.3) is 0 Å². The molecule has 0 N–H and O–H groups in total. The predicted molar refractivity (Wildman–Crippen MR) is 57.8 cm³/mol. The van der Waals surface area contributed by atoms with Gasteiger partial charge >= 0.3 is 0 Å². The molecule has 0 spiro atoms. The molecule has 0 saturated carbocycles. The van der Waals surface area contributed by atoms with Crippen molar-refractivity contribution >= 4 is 8.80 Å². The Labute approximate surface area is 77.4 Å². The molecule has 0 amide bonds. The molecule has 1 saturated heterocycles. The molecule has 0 bridgehead atoms. The summed E-state index contributed by atoms with van der Waals surface area (Å²) in [7, 11) is -0.812. The van der Waals surface area contributed by atoms with Crippen LogP contribution < -0.4 is 0 Å². The molecule has 0 radical (unpaired) electrons. The summed E-state index contributed by atoms with van der Waals surface area (Å²) < 4.78 is 0. The second kappa shape index (κ2) is 5.33. The number of likely N-dealkylation sites (tertiary alicyclic amines) is 1. The van der Waals surface area contributed by atoms with Crippen LogP contribution in [0.4, 0.5) is 0 Å². The van der Waals surface area contributed by atoms with E-state index in [0.29, 0.717) is 0 Å². The SMILES string of the molecule is C=C[SiH](C=C)CN1CCCCC1. The van der Waals surface area contributed by atoms with E-state index in [1.165, 1.54) is 38.5 Å². The quantitative estimate of drug-likeness (QED) is 0.597. The number of hydrogen-bond acceptors (Lipinski definition) is 1. The van der Waals surface area contributed by atoms with Crippen LogP contribution in [0.2, 0.25) is 0 Å². The van der Waals surface area contributed by atoms with E-state index in [1.54, 1.807) is 0 Å². The van der Waals surface area contributed by atoms with Crippen LogP contribution in [0.3, 0.4) is 0 Å². The fraction of sp³-hybridized carbons (Fsp3) is 0.600. The van der Waals surface area contributed by atoms with Crippen molar-refractivity contribution < 1.29 is 0 Å². The topological polar surface area (TPSA) is 3.24 Å². The fourth-order valence-corrected chi connectivity index (χ4v) is 3.14. The molecule has 1 nitrogen and oxygen atoms in total. The average Bonchev–Trinajstić information content (AvgIpc) is 2.16. The Balaban J connectivity index is 2.27. The third-order valence-corrected chi connectivity index (χ3v) is 4.67. The van der Waals surface area contributed by atoms with E-state index in [-0.39, 0.29) is 0 Å². The number of piperidine rings is 1. The molecule has 0 aromatic carbocycles. The summed E-state index contributed by atoms with van der Waals surface area (Å²) in [6.45, 7) is 10.3. The molecule has 1 aliphatic rings.